The first-order chi connectivity index (χ1) is 8.71. The lowest BCUT2D eigenvalue weighted by atomic mass is 9.77. The molecular formula is C14H26N2O2. The van der Waals surface area contributed by atoms with Crippen LogP contribution in [0.3, 0.4) is 0 Å². The molecule has 1 unspecified atom stereocenters. The third kappa shape index (κ3) is 2.86. The molecule has 1 amide bonds. The predicted octanol–water partition coefficient (Wildman–Crippen LogP) is 1.68. The monoisotopic (exact) mass is 254 g/mol. The van der Waals surface area contributed by atoms with E-state index in [0.29, 0.717) is 19.0 Å². The fourth-order valence-corrected chi connectivity index (χ4v) is 3.22. The van der Waals surface area contributed by atoms with Crippen molar-refractivity contribution in [3.05, 3.63) is 0 Å². The number of likely N-dealkylation sites (tertiary alicyclic amines) is 1. The Balaban J connectivity index is 1.93. The molecule has 2 aliphatic rings. The molecule has 2 fully saturated rings. The Bertz CT molecular complexity index is 282. The summed E-state index contributed by atoms with van der Waals surface area (Å²) in [4.78, 5) is 14.5. The number of carbonyl (C=O) groups excluding carboxylic acids is 1. The highest BCUT2D eigenvalue weighted by Crippen LogP contribution is 2.39. The van der Waals surface area contributed by atoms with E-state index in [-0.39, 0.29) is 11.5 Å². The maximum atomic E-state index is 12.5. The third-order valence-electron chi connectivity index (χ3n) is 4.62. The van der Waals surface area contributed by atoms with Gasteiger partial charge in [-0.15, -0.1) is 0 Å². The van der Waals surface area contributed by atoms with E-state index in [1.54, 1.807) is 7.11 Å². The van der Waals surface area contributed by atoms with Crippen molar-refractivity contribution < 1.29 is 9.53 Å². The number of piperidine rings is 1. The second-order valence-corrected chi connectivity index (χ2v) is 5.73. The molecule has 0 aromatic rings. The average molecular weight is 254 g/mol. The van der Waals surface area contributed by atoms with Gasteiger partial charge in [0.1, 0.15) is 0 Å². The van der Waals surface area contributed by atoms with Crippen LogP contribution in [0.5, 0.6) is 0 Å². The molecule has 1 saturated heterocycles. The Morgan fingerprint density at radius 1 is 1.39 bits per heavy atom. The van der Waals surface area contributed by atoms with Crippen LogP contribution in [0, 0.1) is 0 Å². The largest absolute Gasteiger partial charge is 0.378 e. The van der Waals surface area contributed by atoms with Gasteiger partial charge in [0.05, 0.1) is 12.0 Å². The van der Waals surface area contributed by atoms with Gasteiger partial charge in [0, 0.05) is 19.7 Å². The molecule has 2 rings (SSSR count). The number of carbonyl (C=O) groups is 1. The summed E-state index contributed by atoms with van der Waals surface area (Å²) in [7, 11) is 1.74. The molecule has 1 saturated carbocycles. The molecule has 104 valence electrons. The van der Waals surface area contributed by atoms with Crippen molar-refractivity contribution in [3.8, 4) is 0 Å². The Labute approximate surface area is 110 Å². The first-order valence-corrected chi connectivity index (χ1v) is 7.25. The van der Waals surface area contributed by atoms with Gasteiger partial charge in [-0.05, 0) is 51.5 Å². The van der Waals surface area contributed by atoms with Gasteiger partial charge in [-0.2, -0.15) is 0 Å². The number of hydrogen-bond acceptors (Lipinski definition) is 3. The molecule has 4 heteroatoms. The smallest absolute Gasteiger partial charge is 0.225 e. The minimum atomic E-state index is -0.151. The van der Waals surface area contributed by atoms with Crippen LogP contribution in [-0.2, 0) is 9.53 Å². The summed E-state index contributed by atoms with van der Waals surface area (Å²) < 4.78 is 5.56. The first kappa shape index (κ1) is 13.8. The van der Waals surface area contributed by atoms with Crippen LogP contribution >= 0.6 is 0 Å². The fraction of sp³-hybridized carbons (Fsp3) is 0.929. The highest BCUT2D eigenvalue weighted by Gasteiger charge is 2.41. The molecular weight excluding hydrogens is 228 g/mol. The van der Waals surface area contributed by atoms with Crippen LogP contribution in [0.2, 0.25) is 0 Å². The molecule has 0 bridgehead atoms. The summed E-state index contributed by atoms with van der Waals surface area (Å²) in [6.07, 6.45) is 8.22. The van der Waals surface area contributed by atoms with Crippen molar-refractivity contribution in [2.45, 2.75) is 63.0 Å². The van der Waals surface area contributed by atoms with E-state index in [1.807, 2.05) is 0 Å². The highest BCUT2D eigenvalue weighted by atomic mass is 16.5. The molecule has 0 aromatic carbocycles. The van der Waals surface area contributed by atoms with Crippen LogP contribution in [-0.4, -0.2) is 42.6 Å². The minimum Gasteiger partial charge on any atom is -0.378 e. The van der Waals surface area contributed by atoms with Gasteiger partial charge in [-0.1, -0.05) is 0 Å². The molecule has 2 N–H and O–H groups in total. The summed E-state index contributed by atoms with van der Waals surface area (Å²) in [5.74, 6) is 0.273. The SMILES string of the molecule is COC1(CC(=O)N2CCCCC2CCN)CCC1. The molecule has 0 radical (unpaired) electrons. The van der Waals surface area contributed by atoms with Gasteiger partial charge in [0.2, 0.25) is 5.91 Å². The quantitative estimate of drug-likeness (QED) is 0.812. The fourth-order valence-electron chi connectivity index (χ4n) is 3.22. The maximum Gasteiger partial charge on any atom is 0.225 e. The van der Waals surface area contributed by atoms with Crippen molar-refractivity contribution in [1.82, 2.24) is 4.90 Å². The molecule has 4 nitrogen and oxygen atoms in total. The highest BCUT2D eigenvalue weighted by molar-refractivity contribution is 5.78. The van der Waals surface area contributed by atoms with Gasteiger partial charge in [0.15, 0.2) is 0 Å². The predicted molar refractivity (Wildman–Crippen MR) is 71.2 cm³/mol. The van der Waals surface area contributed by atoms with Crippen LogP contribution in [0.25, 0.3) is 0 Å². The zero-order valence-electron chi connectivity index (χ0n) is 11.5. The van der Waals surface area contributed by atoms with E-state index in [9.17, 15) is 4.79 Å². The Morgan fingerprint density at radius 3 is 2.72 bits per heavy atom. The number of nitrogens with two attached hydrogens (primary N) is 1. The molecule has 18 heavy (non-hydrogen) atoms. The van der Waals surface area contributed by atoms with E-state index < -0.39 is 0 Å². The molecule has 1 atom stereocenters. The average Bonchev–Trinajstić information content (AvgIpc) is 2.35. The van der Waals surface area contributed by atoms with Crippen LogP contribution in [0.15, 0.2) is 0 Å². The molecule has 0 aromatic heterocycles. The van der Waals surface area contributed by atoms with Crippen LogP contribution < -0.4 is 5.73 Å². The second-order valence-electron chi connectivity index (χ2n) is 5.73. The van der Waals surface area contributed by atoms with Crippen LogP contribution in [0.4, 0.5) is 0 Å². The maximum absolute atomic E-state index is 12.5. The van der Waals surface area contributed by atoms with Gasteiger partial charge in [0.25, 0.3) is 0 Å². The first-order valence-electron chi connectivity index (χ1n) is 7.25. The lowest BCUT2D eigenvalue weighted by molar-refractivity contribution is -0.147. The van der Waals surface area contributed by atoms with Crippen molar-refractivity contribution >= 4 is 5.91 Å². The second kappa shape index (κ2) is 6.02. The summed E-state index contributed by atoms with van der Waals surface area (Å²) >= 11 is 0. The summed E-state index contributed by atoms with van der Waals surface area (Å²) in [5, 5.41) is 0. The van der Waals surface area contributed by atoms with Gasteiger partial charge < -0.3 is 15.4 Å². The number of amides is 1. The summed E-state index contributed by atoms with van der Waals surface area (Å²) in [6.45, 7) is 1.58. The molecule has 0 spiro atoms. The number of rotatable bonds is 5. The van der Waals surface area contributed by atoms with Crippen LogP contribution in [0.1, 0.15) is 51.4 Å². The topological polar surface area (TPSA) is 55.6 Å². The zero-order chi connectivity index (χ0) is 13.0. The van der Waals surface area contributed by atoms with E-state index >= 15 is 0 Å². The van der Waals surface area contributed by atoms with Crippen molar-refractivity contribution in [2.24, 2.45) is 5.73 Å². The lowest BCUT2D eigenvalue weighted by Gasteiger charge is -2.43. The lowest BCUT2D eigenvalue weighted by Crippen LogP contribution is -2.49. The summed E-state index contributed by atoms with van der Waals surface area (Å²) in [5.41, 5.74) is 5.50. The van der Waals surface area contributed by atoms with Gasteiger partial charge >= 0.3 is 0 Å². The molecule has 1 aliphatic heterocycles. The summed E-state index contributed by atoms with van der Waals surface area (Å²) in [6, 6.07) is 0.366. The Kier molecular flexibility index (Phi) is 4.62. The Morgan fingerprint density at radius 2 is 2.17 bits per heavy atom. The zero-order valence-corrected chi connectivity index (χ0v) is 11.5. The van der Waals surface area contributed by atoms with Crippen molar-refractivity contribution in [1.29, 1.82) is 0 Å². The standard InChI is InChI=1S/C14H26N2O2/c1-18-14(7-4-8-14)11-13(17)16-10-3-2-5-12(16)6-9-15/h12H,2-11,15H2,1H3. The van der Waals surface area contributed by atoms with E-state index in [1.165, 1.54) is 12.8 Å². The van der Waals surface area contributed by atoms with Crippen molar-refractivity contribution in [2.75, 3.05) is 20.2 Å². The van der Waals surface area contributed by atoms with Crippen molar-refractivity contribution in [3.63, 3.8) is 0 Å². The third-order valence-corrected chi connectivity index (χ3v) is 4.62. The van der Waals surface area contributed by atoms with E-state index in [4.69, 9.17) is 10.5 Å². The van der Waals surface area contributed by atoms with E-state index in [0.717, 1.165) is 38.6 Å². The number of ether oxygens (including phenoxy) is 1. The van der Waals surface area contributed by atoms with E-state index in [2.05, 4.69) is 4.90 Å². The Hall–Kier alpha value is -0.610. The van der Waals surface area contributed by atoms with Gasteiger partial charge in [-0.25, -0.2) is 0 Å². The van der Waals surface area contributed by atoms with Gasteiger partial charge in [-0.3, -0.25) is 4.79 Å². The number of methoxy groups -OCH3 is 1. The molecule has 1 heterocycles. The number of hydrogen-bond donors (Lipinski definition) is 1. The normalized spacial score (nSPS) is 26.8. The number of nitrogens with zero attached hydrogens (tertiary/aromatic N) is 1. The minimum absolute atomic E-state index is 0.151. The molecule has 1 aliphatic carbocycles.